The molecule has 0 amide bonds. The second-order valence-electron chi connectivity index (χ2n) is 0. The Morgan fingerprint density at radius 3 is 0.750 bits per heavy atom. The molecule has 0 rings (SSSR count). The standard InChI is InChI=1S/2Mo.S2/c;;1-2/q;;-2. The van der Waals surface area contributed by atoms with E-state index in [1.54, 1.807) is 0 Å². The van der Waals surface area contributed by atoms with Gasteiger partial charge in [0.15, 0.2) is 0 Å². The van der Waals surface area contributed by atoms with Crippen LogP contribution in [0.15, 0.2) is 0 Å². The fourth-order valence-electron chi connectivity index (χ4n) is 0. The molecule has 0 aliphatic carbocycles. The molecule has 0 bridgehead atoms. The third-order valence-electron chi connectivity index (χ3n) is 0. The van der Waals surface area contributed by atoms with E-state index in [0.29, 0.717) is 0 Å². The summed E-state index contributed by atoms with van der Waals surface area (Å²) < 4.78 is 0. The Labute approximate surface area is 64.9 Å². The van der Waals surface area contributed by atoms with Gasteiger partial charge >= 0.3 is 0 Å². The van der Waals surface area contributed by atoms with Crippen molar-refractivity contribution in [1.82, 2.24) is 0 Å². The molecule has 0 aliphatic heterocycles. The van der Waals surface area contributed by atoms with Gasteiger partial charge in [0.1, 0.15) is 0 Å². The molecule has 0 radical (unpaired) electrons. The minimum atomic E-state index is 0. The quantitative estimate of drug-likeness (QED) is 0.339. The summed E-state index contributed by atoms with van der Waals surface area (Å²) >= 11 is 7.33. The van der Waals surface area contributed by atoms with Gasteiger partial charge in [0.05, 0.1) is 0 Å². The molecule has 0 saturated heterocycles. The Morgan fingerprint density at radius 1 is 0.750 bits per heavy atom. The SMILES string of the molecule is [Mo].[Mo].[S-][S-]. The summed E-state index contributed by atoms with van der Waals surface area (Å²) in [6, 6.07) is 0. The summed E-state index contributed by atoms with van der Waals surface area (Å²) in [5, 5.41) is 0. The van der Waals surface area contributed by atoms with Crippen LogP contribution < -0.4 is 0 Å². The molecule has 26 valence electrons. The van der Waals surface area contributed by atoms with E-state index in [9.17, 15) is 0 Å². The fourth-order valence-corrected chi connectivity index (χ4v) is 0. The largest absolute Gasteiger partial charge is 1.00 e. The fraction of sp³-hybridized carbons (Fsp3) is 0. The van der Waals surface area contributed by atoms with E-state index in [-0.39, 0.29) is 42.1 Å². The predicted molar refractivity (Wildman–Crippen MR) is 14.7 cm³/mol. The Balaban J connectivity index is -0.00000000500. The van der Waals surface area contributed by atoms with Crippen molar-refractivity contribution in [3.63, 3.8) is 0 Å². The van der Waals surface area contributed by atoms with Crippen LogP contribution in [0.3, 0.4) is 0 Å². The van der Waals surface area contributed by atoms with Crippen molar-refractivity contribution in [2.75, 3.05) is 0 Å². The molecule has 0 heterocycles. The van der Waals surface area contributed by atoms with Gasteiger partial charge in [-0.05, 0) is 0 Å². The van der Waals surface area contributed by atoms with E-state index >= 15 is 0 Å². The van der Waals surface area contributed by atoms with Crippen molar-refractivity contribution >= 4 is 23.3 Å². The first kappa shape index (κ1) is 16.5. The predicted octanol–water partition coefficient (Wildman–Crippen LogP) is -0.00980. The third-order valence-corrected chi connectivity index (χ3v) is 0. The number of hydrogen-bond donors (Lipinski definition) is 0. The molecule has 0 spiro atoms. The number of hydrogen-bond acceptors (Lipinski definition) is 2. The first-order valence-corrected chi connectivity index (χ1v) is 1.50. The van der Waals surface area contributed by atoms with Gasteiger partial charge in [-0.1, -0.05) is 0 Å². The molecule has 0 nitrogen and oxygen atoms in total. The molecular weight excluding hydrogens is 256 g/mol. The molecule has 0 N–H and O–H groups in total. The Bertz CT molecular complexity index is 4.00. The van der Waals surface area contributed by atoms with Crippen molar-refractivity contribution in [1.29, 1.82) is 0 Å². The van der Waals surface area contributed by atoms with Crippen LogP contribution in [0.2, 0.25) is 0 Å². The van der Waals surface area contributed by atoms with Crippen molar-refractivity contribution in [2.24, 2.45) is 0 Å². The molecule has 0 fully saturated rings. The Hall–Kier alpha value is 2.08. The molecular formula is Mo2S2-2. The average molecular weight is 256 g/mol. The molecule has 0 aromatic carbocycles. The van der Waals surface area contributed by atoms with Crippen molar-refractivity contribution < 1.29 is 42.1 Å². The van der Waals surface area contributed by atoms with Crippen LogP contribution in [0.5, 0.6) is 0 Å². The molecule has 0 atom stereocenters. The van der Waals surface area contributed by atoms with Crippen molar-refractivity contribution in [2.45, 2.75) is 0 Å². The van der Waals surface area contributed by atoms with Gasteiger partial charge in [-0.3, -0.25) is 0 Å². The maximum atomic E-state index is 3.67. The minimum absolute atomic E-state index is 0. The first-order chi connectivity index (χ1) is 1.00. The smallest absolute Gasteiger partial charge is 0 e. The van der Waals surface area contributed by atoms with Gasteiger partial charge < -0.3 is 23.3 Å². The molecule has 0 aromatic heterocycles. The summed E-state index contributed by atoms with van der Waals surface area (Å²) in [5.74, 6) is 0. The summed E-state index contributed by atoms with van der Waals surface area (Å²) in [7, 11) is 0. The van der Waals surface area contributed by atoms with Crippen LogP contribution >= 0.6 is 0 Å². The van der Waals surface area contributed by atoms with Gasteiger partial charge in [-0.2, -0.15) is 0 Å². The average Bonchev–Trinajstić information content (AvgIpc) is 1.00. The zero-order valence-corrected chi connectivity index (χ0v) is 7.28. The molecule has 0 aromatic rings. The zero-order chi connectivity index (χ0) is 2.00. The van der Waals surface area contributed by atoms with Gasteiger partial charge in [0, 0.05) is 42.1 Å². The first-order valence-electron chi connectivity index (χ1n) is 0.167. The van der Waals surface area contributed by atoms with E-state index in [4.69, 9.17) is 0 Å². The van der Waals surface area contributed by atoms with Gasteiger partial charge in [0.25, 0.3) is 0 Å². The topological polar surface area (TPSA) is 0 Å². The third kappa shape index (κ3) is 8.95. The summed E-state index contributed by atoms with van der Waals surface area (Å²) in [6.07, 6.45) is 0. The summed E-state index contributed by atoms with van der Waals surface area (Å²) in [4.78, 5) is 0. The van der Waals surface area contributed by atoms with Gasteiger partial charge in [-0.15, -0.1) is 0 Å². The van der Waals surface area contributed by atoms with E-state index < -0.39 is 0 Å². The molecule has 0 unspecified atom stereocenters. The Morgan fingerprint density at radius 2 is 0.750 bits per heavy atom. The summed E-state index contributed by atoms with van der Waals surface area (Å²) in [5.41, 5.74) is 0. The van der Waals surface area contributed by atoms with E-state index in [1.165, 1.54) is 0 Å². The van der Waals surface area contributed by atoms with Crippen LogP contribution in [0.1, 0.15) is 0 Å². The number of rotatable bonds is 0. The zero-order valence-electron chi connectivity index (χ0n) is 1.63. The maximum absolute atomic E-state index is 3.67. The second-order valence-corrected chi connectivity index (χ2v) is 0. The van der Waals surface area contributed by atoms with Crippen LogP contribution in [0.4, 0.5) is 0 Å². The Kier molecular flexibility index (Phi) is 80.9. The van der Waals surface area contributed by atoms with E-state index in [2.05, 4.69) is 23.3 Å². The molecule has 4 heavy (non-hydrogen) atoms. The van der Waals surface area contributed by atoms with Crippen LogP contribution in [0.25, 0.3) is 0 Å². The molecule has 0 saturated carbocycles. The molecule has 0 aliphatic rings. The van der Waals surface area contributed by atoms with E-state index in [1.807, 2.05) is 0 Å². The normalized spacial score (nSPS) is 1.50. The summed E-state index contributed by atoms with van der Waals surface area (Å²) in [6.45, 7) is 0. The van der Waals surface area contributed by atoms with Crippen LogP contribution in [-0.2, 0) is 65.5 Å². The van der Waals surface area contributed by atoms with Crippen LogP contribution in [0, 0.1) is 0 Å². The van der Waals surface area contributed by atoms with Crippen molar-refractivity contribution in [3.05, 3.63) is 0 Å². The van der Waals surface area contributed by atoms with Crippen molar-refractivity contribution in [3.8, 4) is 0 Å². The van der Waals surface area contributed by atoms with Gasteiger partial charge in [0.2, 0.25) is 0 Å². The van der Waals surface area contributed by atoms with Gasteiger partial charge in [-0.25, -0.2) is 0 Å². The second kappa shape index (κ2) is 19.6. The minimum Gasteiger partial charge on any atom is -1.00 e. The molecule has 4 heteroatoms. The van der Waals surface area contributed by atoms with E-state index in [0.717, 1.165) is 0 Å². The van der Waals surface area contributed by atoms with Crippen LogP contribution in [-0.4, -0.2) is 0 Å². The maximum Gasteiger partial charge on any atom is 0 e. The monoisotopic (exact) mass is 260 g/mol.